The molecule has 2 unspecified atom stereocenters. The predicted molar refractivity (Wildman–Crippen MR) is 124 cm³/mol. The topological polar surface area (TPSA) is 79.0 Å². The molecule has 31 heavy (non-hydrogen) atoms. The summed E-state index contributed by atoms with van der Waals surface area (Å²) in [5.74, 6) is 0.345. The molecule has 0 radical (unpaired) electrons. The first-order valence-electron chi connectivity index (χ1n) is 12.1. The molecule has 0 spiro atoms. The molecule has 0 bridgehead atoms. The standard InChI is InChI=1S/C24H41FN4O2/c1-4-12-28(15-11-18(3)5-2)22(30)17-27-21-10-9-19(25)16-20(21)23(26)24(31)29-13-7-6-8-14-29/h18-19H,4-17,26H2,1-3H3/b23-20-,27-21?. The van der Waals surface area contributed by atoms with Crippen LogP contribution in [0.5, 0.6) is 0 Å². The molecule has 0 aromatic heterocycles. The second kappa shape index (κ2) is 12.8. The third-order valence-electron chi connectivity index (χ3n) is 6.51. The maximum absolute atomic E-state index is 14.2. The lowest BCUT2D eigenvalue weighted by Gasteiger charge is -2.29. The van der Waals surface area contributed by atoms with Crippen molar-refractivity contribution in [3.8, 4) is 0 Å². The zero-order chi connectivity index (χ0) is 22.8. The molecule has 2 aliphatic rings. The van der Waals surface area contributed by atoms with E-state index in [0.717, 1.165) is 45.1 Å². The molecule has 1 heterocycles. The molecule has 2 rings (SSSR count). The van der Waals surface area contributed by atoms with Gasteiger partial charge >= 0.3 is 0 Å². The number of nitrogens with zero attached hydrogens (tertiary/aromatic N) is 3. The first kappa shape index (κ1) is 25.3. The van der Waals surface area contributed by atoms with Crippen LogP contribution in [0.2, 0.25) is 0 Å². The van der Waals surface area contributed by atoms with Gasteiger partial charge in [-0.3, -0.25) is 14.6 Å². The van der Waals surface area contributed by atoms with Gasteiger partial charge in [0, 0.05) is 43.9 Å². The van der Waals surface area contributed by atoms with E-state index in [1.807, 2.05) is 4.90 Å². The number of likely N-dealkylation sites (tertiary alicyclic amines) is 1. The number of rotatable bonds is 9. The monoisotopic (exact) mass is 436 g/mol. The summed E-state index contributed by atoms with van der Waals surface area (Å²) in [6.07, 6.45) is 5.88. The molecule has 0 aromatic carbocycles. The van der Waals surface area contributed by atoms with Crippen LogP contribution in [-0.4, -0.2) is 66.2 Å². The van der Waals surface area contributed by atoms with E-state index >= 15 is 0 Å². The highest BCUT2D eigenvalue weighted by molar-refractivity contribution is 6.08. The fraction of sp³-hybridized carbons (Fsp3) is 0.792. The van der Waals surface area contributed by atoms with Gasteiger partial charge in [-0.25, -0.2) is 4.39 Å². The van der Waals surface area contributed by atoms with E-state index in [4.69, 9.17) is 5.73 Å². The molecule has 2 atom stereocenters. The van der Waals surface area contributed by atoms with Crippen molar-refractivity contribution in [1.82, 2.24) is 9.80 Å². The van der Waals surface area contributed by atoms with E-state index in [-0.39, 0.29) is 30.5 Å². The summed E-state index contributed by atoms with van der Waals surface area (Å²) in [7, 11) is 0. The quantitative estimate of drug-likeness (QED) is 0.558. The Hall–Kier alpha value is -1.92. The summed E-state index contributed by atoms with van der Waals surface area (Å²) < 4.78 is 14.2. The zero-order valence-corrected chi connectivity index (χ0v) is 19.7. The molecular formula is C24H41FN4O2. The number of allylic oxidation sites excluding steroid dienone is 1. The number of hydrogen-bond acceptors (Lipinski definition) is 4. The van der Waals surface area contributed by atoms with Gasteiger partial charge in [-0.1, -0.05) is 27.2 Å². The predicted octanol–water partition coefficient (Wildman–Crippen LogP) is 3.85. The van der Waals surface area contributed by atoms with Gasteiger partial charge in [0.2, 0.25) is 5.91 Å². The highest BCUT2D eigenvalue weighted by atomic mass is 19.1. The molecule has 2 amide bonds. The van der Waals surface area contributed by atoms with E-state index in [1.165, 1.54) is 0 Å². The van der Waals surface area contributed by atoms with Gasteiger partial charge in [-0.05, 0) is 50.9 Å². The lowest BCUT2D eigenvalue weighted by Crippen LogP contribution is -2.40. The molecular weight excluding hydrogens is 395 g/mol. The molecule has 2 N–H and O–H groups in total. The Bertz CT molecular complexity index is 670. The SMILES string of the molecule is CCCN(CCC(C)CC)C(=O)CN=C1CCC(F)C/C1=C(/N)C(=O)N1CCCCC1. The molecule has 2 fully saturated rings. The Morgan fingerprint density at radius 2 is 1.94 bits per heavy atom. The normalized spacial score (nSPS) is 23.5. The van der Waals surface area contributed by atoms with Crippen molar-refractivity contribution < 1.29 is 14.0 Å². The molecule has 176 valence electrons. The summed E-state index contributed by atoms with van der Waals surface area (Å²) in [5.41, 5.74) is 7.47. The van der Waals surface area contributed by atoms with Gasteiger partial charge in [0.25, 0.3) is 5.91 Å². The van der Waals surface area contributed by atoms with E-state index < -0.39 is 6.17 Å². The highest BCUT2D eigenvalue weighted by Crippen LogP contribution is 2.26. The summed E-state index contributed by atoms with van der Waals surface area (Å²) in [5, 5.41) is 0. The van der Waals surface area contributed by atoms with Crippen molar-refractivity contribution in [3.63, 3.8) is 0 Å². The maximum atomic E-state index is 14.2. The van der Waals surface area contributed by atoms with Gasteiger partial charge in [0.1, 0.15) is 18.4 Å². The van der Waals surface area contributed by atoms with E-state index in [0.29, 0.717) is 49.7 Å². The molecule has 6 nitrogen and oxygen atoms in total. The average molecular weight is 437 g/mol. The summed E-state index contributed by atoms with van der Waals surface area (Å²) >= 11 is 0. The number of piperidine rings is 1. The maximum Gasteiger partial charge on any atom is 0.270 e. The zero-order valence-electron chi connectivity index (χ0n) is 19.7. The first-order valence-corrected chi connectivity index (χ1v) is 12.1. The van der Waals surface area contributed by atoms with Crippen molar-refractivity contribution in [3.05, 3.63) is 11.3 Å². The summed E-state index contributed by atoms with van der Waals surface area (Å²) in [4.78, 5) is 33.9. The van der Waals surface area contributed by atoms with Crippen LogP contribution in [0.25, 0.3) is 0 Å². The second-order valence-corrected chi connectivity index (χ2v) is 9.03. The number of alkyl halides is 1. The Morgan fingerprint density at radius 3 is 2.58 bits per heavy atom. The van der Waals surface area contributed by atoms with Gasteiger partial charge < -0.3 is 15.5 Å². The van der Waals surface area contributed by atoms with E-state index in [9.17, 15) is 14.0 Å². The number of halogens is 1. The fourth-order valence-electron chi connectivity index (χ4n) is 4.20. The lowest BCUT2D eigenvalue weighted by molar-refractivity contribution is -0.130. The molecule has 0 aromatic rings. The van der Waals surface area contributed by atoms with Crippen LogP contribution < -0.4 is 5.73 Å². The van der Waals surface area contributed by atoms with Crippen LogP contribution in [0.15, 0.2) is 16.3 Å². The Balaban J connectivity index is 2.12. The number of amides is 2. The van der Waals surface area contributed by atoms with Crippen molar-refractivity contribution >= 4 is 17.5 Å². The number of nitrogens with two attached hydrogens (primary N) is 1. The van der Waals surface area contributed by atoms with Crippen LogP contribution in [0.1, 0.15) is 78.6 Å². The van der Waals surface area contributed by atoms with E-state index in [2.05, 4.69) is 25.8 Å². The van der Waals surface area contributed by atoms with E-state index in [1.54, 1.807) is 4.90 Å². The molecule has 1 aliphatic heterocycles. The molecule has 1 aliphatic carbocycles. The van der Waals surface area contributed by atoms with Crippen LogP contribution in [0, 0.1) is 5.92 Å². The fourth-order valence-corrected chi connectivity index (χ4v) is 4.20. The van der Waals surface area contributed by atoms with Gasteiger partial charge in [-0.2, -0.15) is 0 Å². The van der Waals surface area contributed by atoms with Gasteiger partial charge in [0.05, 0.1) is 0 Å². The van der Waals surface area contributed by atoms with Crippen LogP contribution >= 0.6 is 0 Å². The third kappa shape index (κ3) is 7.62. The van der Waals surface area contributed by atoms with Gasteiger partial charge in [-0.15, -0.1) is 0 Å². The van der Waals surface area contributed by atoms with Crippen molar-refractivity contribution in [1.29, 1.82) is 0 Å². The third-order valence-corrected chi connectivity index (χ3v) is 6.51. The second-order valence-electron chi connectivity index (χ2n) is 9.03. The summed E-state index contributed by atoms with van der Waals surface area (Å²) in [6.45, 7) is 9.28. The summed E-state index contributed by atoms with van der Waals surface area (Å²) in [6, 6.07) is 0. The Kier molecular flexibility index (Phi) is 10.5. The minimum absolute atomic E-state index is 0.0136. The Morgan fingerprint density at radius 1 is 1.23 bits per heavy atom. The van der Waals surface area contributed by atoms with Crippen molar-refractivity contribution in [2.24, 2.45) is 16.6 Å². The Labute approximate surface area is 187 Å². The van der Waals surface area contributed by atoms with Crippen molar-refractivity contribution in [2.75, 3.05) is 32.7 Å². The first-order chi connectivity index (χ1) is 14.9. The number of carbonyl (C=O) groups is 2. The number of hydrogen-bond donors (Lipinski definition) is 1. The molecule has 1 saturated heterocycles. The molecule has 1 saturated carbocycles. The average Bonchev–Trinajstić information content (AvgIpc) is 2.79. The lowest BCUT2D eigenvalue weighted by atomic mass is 9.89. The minimum atomic E-state index is -1.02. The van der Waals surface area contributed by atoms with Crippen LogP contribution in [0.4, 0.5) is 4.39 Å². The number of carbonyl (C=O) groups excluding carboxylic acids is 2. The molecule has 7 heteroatoms. The van der Waals surface area contributed by atoms with Crippen molar-refractivity contribution in [2.45, 2.75) is 84.7 Å². The highest BCUT2D eigenvalue weighted by Gasteiger charge is 2.28. The largest absolute Gasteiger partial charge is 0.394 e. The van der Waals surface area contributed by atoms with Crippen LogP contribution in [-0.2, 0) is 9.59 Å². The van der Waals surface area contributed by atoms with Crippen LogP contribution in [0.3, 0.4) is 0 Å². The smallest absolute Gasteiger partial charge is 0.270 e. The van der Waals surface area contributed by atoms with Gasteiger partial charge in [0.15, 0.2) is 0 Å². The number of aliphatic imine (C=N–C) groups is 1. The minimum Gasteiger partial charge on any atom is -0.394 e.